The molecule has 0 N–H and O–H groups in total. The first-order valence-electron chi connectivity index (χ1n) is 10.7. The molecule has 1 aliphatic heterocycles. The second-order valence-electron chi connectivity index (χ2n) is 7.65. The van der Waals surface area contributed by atoms with Crippen LogP contribution in [-0.2, 0) is 32.4 Å². The molecule has 0 fully saturated rings. The number of hydrogen-bond acceptors (Lipinski definition) is 6. The van der Waals surface area contributed by atoms with Crippen molar-refractivity contribution in [2.45, 2.75) is 26.8 Å². The Hall–Kier alpha value is -2.98. The van der Waals surface area contributed by atoms with Gasteiger partial charge in [0.2, 0.25) is 5.91 Å². The number of sulfone groups is 1. The Balaban J connectivity index is 1.52. The predicted molar refractivity (Wildman–Crippen MR) is 128 cm³/mol. The molecule has 4 rings (SSSR count). The van der Waals surface area contributed by atoms with Crippen LogP contribution in [0.15, 0.2) is 47.5 Å². The number of fused-ring (bicyclic) bond motifs is 2. The first-order valence-corrected chi connectivity index (χ1v) is 13.4. The van der Waals surface area contributed by atoms with Gasteiger partial charge < -0.3 is 14.2 Å². The lowest BCUT2D eigenvalue weighted by Gasteiger charge is -2.17. The van der Waals surface area contributed by atoms with Crippen molar-refractivity contribution in [2.75, 3.05) is 29.6 Å². The number of aryl methyl sites for hydroxylation is 1. The molecule has 0 saturated carbocycles. The summed E-state index contributed by atoms with van der Waals surface area (Å²) >= 11 is 1.29. The molecule has 1 aliphatic rings. The Kier molecular flexibility index (Phi) is 6.66. The molecule has 0 unspecified atom stereocenters. The van der Waals surface area contributed by atoms with E-state index in [1.807, 2.05) is 54.8 Å². The fourth-order valence-electron chi connectivity index (χ4n) is 3.94. The monoisotopic (exact) mass is 487 g/mol. The molecule has 0 spiro atoms. The average molecular weight is 488 g/mol. The minimum absolute atomic E-state index is 0.418. The Morgan fingerprint density at radius 2 is 1.91 bits per heavy atom. The molecule has 0 radical (unpaired) electrons. The second kappa shape index (κ2) is 9.48. The molecule has 8 nitrogen and oxygen atoms in total. The topological polar surface area (TPSA) is 98.0 Å². The number of nitrogens with zero attached hydrogens (tertiary/aromatic N) is 3. The van der Waals surface area contributed by atoms with Gasteiger partial charge in [-0.05, 0) is 50.1 Å². The van der Waals surface area contributed by atoms with E-state index in [-0.39, 0.29) is 0 Å². The summed E-state index contributed by atoms with van der Waals surface area (Å²) in [6, 6.07) is 13.0. The van der Waals surface area contributed by atoms with Crippen LogP contribution in [0, 0.1) is 0 Å². The van der Waals surface area contributed by atoms with E-state index in [0.29, 0.717) is 30.9 Å². The molecule has 0 atom stereocenters. The van der Waals surface area contributed by atoms with E-state index in [4.69, 9.17) is 4.74 Å². The van der Waals surface area contributed by atoms with Crippen LogP contribution in [0.5, 0.6) is 5.75 Å². The van der Waals surface area contributed by atoms with Crippen molar-refractivity contribution in [1.82, 2.24) is 4.57 Å². The zero-order valence-electron chi connectivity index (χ0n) is 18.5. The highest BCUT2D eigenvalue weighted by atomic mass is 32.2. The van der Waals surface area contributed by atoms with Crippen LogP contribution in [0.2, 0.25) is 0 Å². The molecular formula is C23H25N3O5S2. The maximum atomic E-state index is 12.7. The lowest BCUT2D eigenvalue weighted by Crippen LogP contribution is -2.36. The largest absolute Gasteiger partial charge is 0.494 e. The fraction of sp³-hybridized carbons (Fsp3) is 0.348. The molecule has 174 valence electrons. The third kappa shape index (κ3) is 5.01. The molecule has 10 heteroatoms. The summed E-state index contributed by atoms with van der Waals surface area (Å²) in [5.74, 6) is -2.13. The third-order valence-electron chi connectivity index (χ3n) is 5.38. The molecule has 0 saturated heterocycles. The van der Waals surface area contributed by atoms with Gasteiger partial charge in [-0.15, -0.1) is 0 Å². The van der Waals surface area contributed by atoms with Crippen molar-refractivity contribution in [3.63, 3.8) is 0 Å². The number of anilines is 1. The van der Waals surface area contributed by atoms with Gasteiger partial charge in [-0.3, -0.25) is 9.59 Å². The van der Waals surface area contributed by atoms with Gasteiger partial charge in [-0.25, -0.2) is 8.42 Å². The first-order chi connectivity index (χ1) is 15.8. The summed E-state index contributed by atoms with van der Waals surface area (Å²) in [7, 11) is -3.96. The number of ether oxygens (including phenoxy) is 1. The van der Waals surface area contributed by atoms with Crippen molar-refractivity contribution in [1.29, 1.82) is 0 Å². The van der Waals surface area contributed by atoms with Crippen LogP contribution in [0.4, 0.5) is 5.69 Å². The van der Waals surface area contributed by atoms with E-state index in [1.54, 1.807) is 6.07 Å². The van der Waals surface area contributed by atoms with Gasteiger partial charge in [0, 0.05) is 18.8 Å². The highest BCUT2D eigenvalue weighted by Gasteiger charge is 2.29. The fourth-order valence-corrected chi connectivity index (χ4v) is 6.16. The highest BCUT2D eigenvalue weighted by Crippen LogP contribution is 2.27. The van der Waals surface area contributed by atoms with Crippen molar-refractivity contribution >= 4 is 48.9 Å². The minimum Gasteiger partial charge on any atom is -0.494 e. The smallest absolute Gasteiger partial charge is 0.263 e. The van der Waals surface area contributed by atoms with Crippen LogP contribution in [0.3, 0.4) is 0 Å². The Morgan fingerprint density at radius 1 is 1.12 bits per heavy atom. The predicted octanol–water partition coefficient (Wildman–Crippen LogP) is 2.55. The van der Waals surface area contributed by atoms with Crippen LogP contribution >= 0.6 is 11.3 Å². The molecule has 33 heavy (non-hydrogen) atoms. The van der Waals surface area contributed by atoms with Gasteiger partial charge in [0.15, 0.2) is 14.6 Å². The molecule has 2 aromatic carbocycles. The Morgan fingerprint density at radius 3 is 2.67 bits per heavy atom. The first kappa shape index (κ1) is 23.2. The number of benzene rings is 2. The molecule has 0 bridgehead atoms. The summed E-state index contributed by atoms with van der Waals surface area (Å²) in [6.45, 7) is 5.38. The van der Waals surface area contributed by atoms with Gasteiger partial charge in [0.05, 0.1) is 16.8 Å². The number of carbonyl (C=O) groups excluding carboxylic acids is 2. The third-order valence-corrected chi connectivity index (χ3v) is 7.79. The SMILES string of the molecule is CCOc1ccc2c(c1)sc(=NC(=O)CS(=O)(=O)CC(=O)N1CCc3ccccc31)n2CC. The summed E-state index contributed by atoms with van der Waals surface area (Å²) in [4.78, 5) is 31.2. The number of rotatable bonds is 7. The second-order valence-corrected chi connectivity index (χ2v) is 10.7. The number of hydrogen-bond donors (Lipinski definition) is 0. The lowest BCUT2D eigenvalue weighted by molar-refractivity contribution is -0.116. The van der Waals surface area contributed by atoms with Crippen LogP contribution in [-0.4, -0.2) is 49.5 Å². The van der Waals surface area contributed by atoms with Crippen molar-refractivity contribution in [2.24, 2.45) is 4.99 Å². The minimum atomic E-state index is -3.96. The average Bonchev–Trinajstić information content (AvgIpc) is 3.33. The summed E-state index contributed by atoms with van der Waals surface area (Å²) in [5.41, 5.74) is 2.63. The normalized spacial score (nSPS) is 14.0. The van der Waals surface area contributed by atoms with Gasteiger partial charge in [-0.2, -0.15) is 4.99 Å². The molecule has 0 aliphatic carbocycles. The number of para-hydroxylation sites is 1. The van der Waals surface area contributed by atoms with Gasteiger partial charge >= 0.3 is 0 Å². The van der Waals surface area contributed by atoms with Gasteiger partial charge in [0.25, 0.3) is 5.91 Å². The van der Waals surface area contributed by atoms with Crippen molar-refractivity contribution < 1.29 is 22.7 Å². The number of thiazole rings is 1. The molecule has 1 aromatic heterocycles. The maximum Gasteiger partial charge on any atom is 0.263 e. The molecule has 2 amide bonds. The summed E-state index contributed by atoms with van der Waals surface area (Å²) in [5, 5.41) is 0. The maximum absolute atomic E-state index is 12.7. The van der Waals surface area contributed by atoms with E-state index in [9.17, 15) is 18.0 Å². The highest BCUT2D eigenvalue weighted by molar-refractivity contribution is 7.92. The van der Waals surface area contributed by atoms with Crippen LogP contribution in [0.25, 0.3) is 10.2 Å². The molecule has 3 aromatic rings. The Bertz CT molecular complexity index is 1390. The summed E-state index contributed by atoms with van der Waals surface area (Å²) in [6.07, 6.45) is 0.685. The van der Waals surface area contributed by atoms with Crippen LogP contribution in [0.1, 0.15) is 19.4 Å². The zero-order valence-corrected chi connectivity index (χ0v) is 20.1. The standard InChI is InChI=1S/C23H25N3O5S2/c1-3-25-19-10-9-17(31-4-2)13-20(19)32-23(25)24-21(27)14-33(29,30)15-22(28)26-12-11-16-7-5-6-8-18(16)26/h5-10,13H,3-4,11-12,14-15H2,1-2H3. The van der Waals surface area contributed by atoms with Crippen molar-refractivity contribution in [3.8, 4) is 5.75 Å². The van der Waals surface area contributed by atoms with Gasteiger partial charge in [0.1, 0.15) is 17.3 Å². The van der Waals surface area contributed by atoms with Crippen molar-refractivity contribution in [3.05, 3.63) is 52.8 Å². The summed E-state index contributed by atoms with van der Waals surface area (Å²) < 4.78 is 33.5. The van der Waals surface area contributed by atoms with E-state index in [1.165, 1.54) is 16.2 Å². The van der Waals surface area contributed by atoms with E-state index in [2.05, 4.69) is 4.99 Å². The van der Waals surface area contributed by atoms with E-state index < -0.39 is 33.2 Å². The molecular weight excluding hydrogens is 462 g/mol. The lowest BCUT2D eigenvalue weighted by atomic mass is 10.2. The van der Waals surface area contributed by atoms with Crippen LogP contribution < -0.4 is 14.4 Å². The van der Waals surface area contributed by atoms with Gasteiger partial charge in [-0.1, -0.05) is 29.5 Å². The number of carbonyl (C=O) groups is 2. The number of amides is 2. The van der Waals surface area contributed by atoms with E-state index >= 15 is 0 Å². The van der Waals surface area contributed by atoms with E-state index in [0.717, 1.165) is 27.2 Å². The zero-order chi connectivity index (χ0) is 23.6. The molecule has 2 heterocycles. The number of aromatic nitrogens is 1. The quantitative estimate of drug-likeness (QED) is 0.510. The Labute approximate surface area is 196 Å².